The van der Waals surface area contributed by atoms with Crippen LogP contribution in [0.4, 0.5) is 0 Å². The monoisotopic (exact) mass is 271 g/mol. The van der Waals surface area contributed by atoms with E-state index in [-0.39, 0.29) is 16.5 Å². The van der Waals surface area contributed by atoms with Crippen LogP contribution in [0.2, 0.25) is 0 Å². The number of benzene rings is 1. The number of carbonyl (C=O) groups is 2. The minimum atomic E-state index is -1.11. The number of hydrogen-bond acceptors (Lipinski definition) is 5. The molecule has 0 spiro atoms. The van der Waals surface area contributed by atoms with Crippen LogP contribution in [0.1, 0.15) is 27.0 Å². The lowest BCUT2D eigenvalue weighted by Gasteiger charge is -1.99. The van der Waals surface area contributed by atoms with E-state index < -0.39 is 11.8 Å². The number of carbonyl (C=O) groups excluding carboxylic acids is 2. The minimum absolute atomic E-state index is 0.215. The fourth-order valence-corrected chi connectivity index (χ4v) is 2.35. The average molecular weight is 271 g/mol. The van der Waals surface area contributed by atoms with Crippen molar-refractivity contribution < 1.29 is 9.59 Å². The molecule has 0 fully saturated rings. The number of amides is 1. The van der Waals surface area contributed by atoms with E-state index in [1.165, 1.54) is 5.38 Å². The smallest absolute Gasteiger partial charge is 0.241 e. The van der Waals surface area contributed by atoms with Crippen LogP contribution in [0.3, 0.4) is 0 Å². The second-order valence-corrected chi connectivity index (χ2v) is 4.62. The number of hydrogen-bond donors (Lipinski definition) is 1. The van der Waals surface area contributed by atoms with Gasteiger partial charge in [0.2, 0.25) is 11.7 Å². The first kappa shape index (κ1) is 12.9. The third kappa shape index (κ3) is 2.67. The van der Waals surface area contributed by atoms with Gasteiger partial charge in [-0.2, -0.15) is 5.26 Å². The van der Waals surface area contributed by atoms with Crippen molar-refractivity contribution in [1.82, 2.24) is 4.98 Å². The van der Waals surface area contributed by atoms with Gasteiger partial charge in [-0.1, -0.05) is 30.3 Å². The molecule has 1 atom stereocenters. The minimum Gasteiger partial charge on any atom is -0.368 e. The van der Waals surface area contributed by atoms with Crippen LogP contribution in [0.15, 0.2) is 35.7 Å². The number of thiazole rings is 1. The maximum absolute atomic E-state index is 12.1. The van der Waals surface area contributed by atoms with E-state index in [9.17, 15) is 9.59 Å². The Morgan fingerprint density at radius 1 is 1.32 bits per heavy atom. The number of aromatic nitrogens is 1. The molecule has 0 saturated heterocycles. The summed E-state index contributed by atoms with van der Waals surface area (Å²) in [4.78, 5) is 27.2. The zero-order chi connectivity index (χ0) is 13.8. The summed E-state index contributed by atoms with van der Waals surface area (Å²) in [6.45, 7) is 0. The SMILES string of the molecule is N#CC(C(N)=O)c1nc(C(=O)c2ccccc2)cs1. The number of nitrogens with two attached hydrogens (primary N) is 1. The molecule has 1 aromatic heterocycles. The second-order valence-electron chi connectivity index (χ2n) is 3.73. The van der Waals surface area contributed by atoms with Crippen molar-refractivity contribution in [3.63, 3.8) is 0 Å². The quantitative estimate of drug-likeness (QED) is 0.851. The average Bonchev–Trinajstić information content (AvgIpc) is 2.89. The van der Waals surface area contributed by atoms with Gasteiger partial charge in [0.25, 0.3) is 0 Å². The molecular formula is C13H9N3O2S. The van der Waals surface area contributed by atoms with Crippen LogP contribution < -0.4 is 5.73 Å². The van der Waals surface area contributed by atoms with E-state index in [1.54, 1.807) is 30.3 Å². The second kappa shape index (κ2) is 5.42. The first-order valence-electron chi connectivity index (χ1n) is 5.37. The Morgan fingerprint density at radius 2 is 2.00 bits per heavy atom. The molecule has 1 aromatic carbocycles. The highest BCUT2D eigenvalue weighted by Crippen LogP contribution is 2.21. The van der Waals surface area contributed by atoms with Crippen molar-refractivity contribution in [3.05, 3.63) is 52.0 Å². The molecule has 94 valence electrons. The fraction of sp³-hybridized carbons (Fsp3) is 0.0769. The van der Waals surface area contributed by atoms with Crippen LogP contribution >= 0.6 is 11.3 Å². The van der Waals surface area contributed by atoms with Crippen molar-refractivity contribution in [2.75, 3.05) is 0 Å². The zero-order valence-corrected chi connectivity index (χ0v) is 10.6. The van der Waals surface area contributed by atoms with Crippen molar-refractivity contribution in [1.29, 1.82) is 5.26 Å². The molecule has 0 aliphatic carbocycles. The Hall–Kier alpha value is -2.52. The Bertz CT molecular complexity index is 658. The maximum Gasteiger partial charge on any atom is 0.241 e. The number of nitrogens with zero attached hydrogens (tertiary/aromatic N) is 2. The van der Waals surface area contributed by atoms with Crippen LogP contribution in [0, 0.1) is 11.3 Å². The summed E-state index contributed by atoms with van der Waals surface area (Å²) in [6.07, 6.45) is 0. The highest BCUT2D eigenvalue weighted by molar-refractivity contribution is 7.10. The van der Waals surface area contributed by atoms with Crippen LogP contribution in [-0.2, 0) is 4.79 Å². The summed E-state index contributed by atoms with van der Waals surface area (Å²) >= 11 is 1.08. The molecule has 1 unspecified atom stereocenters. The van der Waals surface area contributed by atoms with Gasteiger partial charge in [0.15, 0.2) is 5.92 Å². The molecule has 2 rings (SSSR count). The first-order valence-corrected chi connectivity index (χ1v) is 6.25. The first-order chi connectivity index (χ1) is 9.13. The molecular weight excluding hydrogens is 262 g/mol. The summed E-state index contributed by atoms with van der Waals surface area (Å²) < 4.78 is 0. The third-order valence-corrected chi connectivity index (χ3v) is 3.36. The topological polar surface area (TPSA) is 96.8 Å². The molecule has 0 saturated carbocycles. The predicted octanol–water partition coefficient (Wildman–Crippen LogP) is 1.47. The number of ketones is 1. The van der Waals surface area contributed by atoms with Crippen LogP contribution in [0.25, 0.3) is 0 Å². The molecule has 2 aromatic rings. The van der Waals surface area contributed by atoms with Gasteiger partial charge in [0.1, 0.15) is 10.7 Å². The van der Waals surface area contributed by atoms with E-state index >= 15 is 0 Å². The lowest BCUT2D eigenvalue weighted by molar-refractivity contribution is -0.118. The van der Waals surface area contributed by atoms with E-state index in [0.29, 0.717) is 5.56 Å². The lowest BCUT2D eigenvalue weighted by Crippen LogP contribution is -2.20. The molecule has 19 heavy (non-hydrogen) atoms. The number of rotatable bonds is 4. The highest BCUT2D eigenvalue weighted by atomic mass is 32.1. The Labute approximate surface area is 113 Å². The maximum atomic E-state index is 12.1. The van der Waals surface area contributed by atoms with Gasteiger partial charge in [-0.3, -0.25) is 9.59 Å². The van der Waals surface area contributed by atoms with Gasteiger partial charge in [-0.25, -0.2) is 4.98 Å². The third-order valence-electron chi connectivity index (χ3n) is 2.45. The summed E-state index contributed by atoms with van der Waals surface area (Å²) in [5.41, 5.74) is 5.82. The van der Waals surface area contributed by atoms with E-state index in [4.69, 9.17) is 11.0 Å². The molecule has 6 heteroatoms. The van der Waals surface area contributed by atoms with E-state index in [1.807, 2.05) is 6.07 Å². The fourth-order valence-electron chi connectivity index (χ4n) is 1.50. The number of nitriles is 1. The summed E-state index contributed by atoms with van der Waals surface area (Å²) in [5, 5.41) is 10.6. The molecule has 1 heterocycles. The lowest BCUT2D eigenvalue weighted by atomic mass is 10.1. The van der Waals surface area contributed by atoms with Crippen molar-refractivity contribution in [3.8, 4) is 6.07 Å². The molecule has 0 aliphatic heterocycles. The van der Waals surface area contributed by atoms with Gasteiger partial charge in [-0.15, -0.1) is 11.3 Å². The molecule has 2 N–H and O–H groups in total. The van der Waals surface area contributed by atoms with Crippen molar-refractivity contribution in [2.24, 2.45) is 5.73 Å². The summed E-state index contributed by atoms with van der Waals surface area (Å²) in [6, 6.07) is 10.4. The van der Waals surface area contributed by atoms with Gasteiger partial charge in [0.05, 0.1) is 6.07 Å². The molecule has 0 bridgehead atoms. The Kier molecular flexibility index (Phi) is 3.68. The zero-order valence-electron chi connectivity index (χ0n) is 9.74. The predicted molar refractivity (Wildman–Crippen MR) is 69.5 cm³/mol. The highest BCUT2D eigenvalue weighted by Gasteiger charge is 2.22. The Morgan fingerprint density at radius 3 is 2.58 bits per heavy atom. The van der Waals surface area contributed by atoms with Gasteiger partial charge < -0.3 is 5.73 Å². The van der Waals surface area contributed by atoms with E-state index in [2.05, 4.69) is 4.98 Å². The largest absolute Gasteiger partial charge is 0.368 e. The van der Waals surface area contributed by atoms with E-state index in [0.717, 1.165) is 11.3 Å². The summed E-state index contributed by atoms with van der Waals surface area (Å²) in [5.74, 6) is -2.12. The molecule has 0 radical (unpaired) electrons. The molecule has 0 aliphatic rings. The van der Waals surface area contributed by atoms with Crippen molar-refractivity contribution in [2.45, 2.75) is 5.92 Å². The van der Waals surface area contributed by atoms with Crippen LogP contribution in [-0.4, -0.2) is 16.7 Å². The summed E-state index contributed by atoms with van der Waals surface area (Å²) in [7, 11) is 0. The van der Waals surface area contributed by atoms with Gasteiger partial charge in [0, 0.05) is 10.9 Å². The van der Waals surface area contributed by atoms with Crippen LogP contribution in [0.5, 0.6) is 0 Å². The number of primary amides is 1. The normalized spacial score (nSPS) is 11.5. The van der Waals surface area contributed by atoms with Gasteiger partial charge in [-0.05, 0) is 0 Å². The standard InChI is InChI=1S/C13H9N3O2S/c14-6-9(12(15)18)13-16-10(7-19-13)11(17)8-4-2-1-3-5-8/h1-5,7,9H,(H2,15,18). The molecule has 5 nitrogen and oxygen atoms in total. The van der Waals surface area contributed by atoms with Crippen molar-refractivity contribution >= 4 is 23.0 Å². The Balaban J connectivity index is 2.30. The molecule has 1 amide bonds. The van der Waals surface area contributed by atoms with Gasteiger partial charge >= 0.3 is 0 Å².